The number of carbonyl (C=O) groups is 1. The molecular weight excluding hydrogens is 268 g/mol. The van der Waals surface area contributed by atoms with Crippen LogP contribution in [-0.4, -0.2) is 17.2 Å². The van der Waals surface area contributed by atoms with E-state index in [9.17, 15) is 4.79 Å². The van der Waals surface area contributed by atoms with E-state index in [4.69, 9.17) is 5.73 Å². The summed E-state index contributed by atoms with van der Waals surface area (Å²) in [4.78, 5) is 13.2. The normalized spacial score (nSPS) is 18.8. The monoisotopic (exact) mass is 292 g/mol. The van der Waals surface area contributed by atoms with E-state index < -0.39 is 0 Å². The van der Waals surface area contributed by atoms with Crippen LogP contribution >= 0.6 is 11.8 Å². The molecular formula is C16H24N2OS. The molecule has 2 rings (SSSR count). The molecule has 0 heterocycles. The fourth-order valence-corrected chi connectivity index (χ4v) is 3.56. The Balaban J connectivity index is 1.89. The molecule has 1 amide bonds. The van der Waals surface area contributed by atoms with Gasteiger partial charge in [-0.25, -0.2) is 0 Å². The summed E-state index contributed by atoms with van der Waals surface area (Å²) < 4.78 is 0. The van der Waals surface area contributed by atoms with Crippen molar-refractivity contribution in [1.82, 2.24) is 0 Å². The first-order valence-electron chi connectivity index (χ1n) is 7.39. The third kappa shape index (κ3) is 4.25. The maximum absolute atomic E-state index is 11.9. The lowest BCUT2D eigenvalue weighted by Gasteiger charge is -2.15. The summed E-state index contributed by atoms with van der Waals surface area (Å²) in [6.45, 7) is 3.70. The van der Waals surface area contributed by atoms with Gasteiger partial charge in [0.25, 0.3) is 0 Å². The lowest BCUT2D eigenvalue weighted by Crippen LogP contribution is -2.34. The minimum Gasteiger partial charge on any atom is -0.327 e. The van der Waals surface area contributed by atoms with Crippen LogP contribution in [0.5, 0.6) is 0 Å². The molecule has 1 aliphatic carbocycles. The molecule has 110 valence electrons. The molecule has 1 aliphatic rings. The van der Waals surface area contributed by atoms with Gasteiger partial charge in [-0.15, -0.1) is 11.8 Å². The average Bonchev–Trinajstić information content (AvgIpc) is 2.92. The van der Waals surface area contributed by atoms with Crippen LogP contribution in [0.3, 0.4) is 0 Å². The van der Waals surface area contributed by atoms with Gasteiger partial charge in [-0.1, -0.05) is 19.8 Å². The highest BCUT2D eigenvalue weighted by molar-refractivity contribution is 8.00. The SMILES string of the molecule is CC(N)C(C)C(=O)Nc1ccc(SC2CCCC2)cc1. The van der Waals surface area contributed by atoms with E-state index in [1.165, 1.54) is 30.6 Å². The van der Waals surface area contributed by atoms with E-state index in [1.54, 1.807) is 0 Å². The Hall–Kier alpha value is -1.00. The Morgan fingerprint density at radius 2 is 1.85 bits per heavy atom. The van der Waals surface area contributed by atoms with Gasteiger partial charge in [0, 0.05) is 21.9 Å². The first kappa shape index (κ1) is 15.4. The van der Waals surface area contributed by atoms with Gasteiger partial charge in [-0.2, -0.15) is 0 Å². The molecule has 0 saturated heterocycles. The van der Waals surface area contributed by atoms with Crippen LogP contribution in [0, 0.1) is 5.92 Å². The Kier molecular flexibility index (Phi) is 5.49. The predicted octanol–water partition coefficient (Wildman–Crippen LogP) is 3.64. The van der Waals surface area contributed by atoms with Crippen molar-refractivity contribution in [3.63, 3.8) is 0 Å². The molecule has 2 unspecified atom stereocenters. The van der Waals surface area contributed by atoms with Crippen molar-refractivity contribution in [3.8, 4) is 0 Å². The number of amides is 1. The molecule has 1 saturated carbocycles. The van der Waals surface area contributed by atoms with Crippen LogP contribution in [0.4, 0.5) is 5.69 Å². The summed E-state index contributed by atoms with van der Waals surface area (Å²) in [5.74, 6) is -0.196. The van der Waals surface area contributed by atoms with Gasteiger partial charge in [0.15, 0.2) is 0 Å². The zero-order valence-corrected chi connectivity index (χ0v) is 13.1. The van der Waals surface area contributed by atoms with Gasteiger partial charge in [-0.3, -0.25) is 4.79 Å². The highest BCUT2D eigenvalue weighted by Gasteiger charge is 2.18. The topological polar surface area (TPSA) is 55.1 Å². The van der Waals surface area contributed by atoms with Crippen molar-refractivity contribution in [2.24, 2.45) is 11.7 Å². The molecule has 3 N–H and O–H groups in total. The van der Waals surface area contributed by atoms with Crippen molar-refractivity contribution in [2.45, 2.75) is 55.7 Å². The summed E-state index contributed by atoms with van der Waals surface area (Å²) in [5, 5.41) is 3.69. The molecule has 0 aromatic heterocycles. The van der Waals surface area contributed by atoms with Gasteiger partial charge in [-0.05, 0) is 44.0 Å². The third-order valence-corrected chi connectivity index (χ3v) is 5.28. The van der Waals surface area contributed by atoms with Crippen molar-refractivity contribution in [2.75, 3.05) is 5.32 Å². The maximum atomic E-state index is 11.9. The first-order valence-corrected chi connectivity index (χ1v) is 8.27. The van der Waals surface area contributed by atoms with Crippen molar-refractivity contribution in [1.29, 1.82) is 0 Å². The lowest BCUT2D eigenvalue weighted by molar-refractivity contribution is -0.119. The second-order valence-electron chi connectivity index (χ2n) is 5.69. The van der Waals surface area contributed by atoms with Gasteiger partial charge in [0.2, 0.25) is 5.91 Å². The van der Waals surface area contributed by atoms with Gasteiger partial charge >= 0.3 is 0 Å². The summed E-state index contributed by atoms with van der Waals surface area (Å²) in [7, 11) is 0. The molecule has 2 atom stereocenters. The molecule has 0 spiro atoms. The highest BCUT2D eigenvalue weighted by atomic mass is 32.2. The van der Waals surface area contributed by atoms with Gasteiger partial charge in [0.05, 0.1) is 5.92 Å². The highest BCUT2D eigenvalue weighted by Crippen LogP contribution is 2.34. The maximum Gasteiger partial charge on any atom is 0.228 e. The number of nitrogens with one attached hydrogen (secondary N) is 1. The van der Waals surface area contributed by atoms with Crippen LogP contribution < -0.4 is 11.1 Å². The summed E-state index contributed by atoms with van der Waals surface area (Å²) in [6, 6.07) is 8.00. The summed E-state index contributed by atoms with van der Waals surface area (Å²) in [5.41, 5.74) is 6.59. The van der Waals surface area contributed by atoms with Gasteiger partial charge < -0.3 is 11.1 Å². The number of anilines is 1. The van der Waals surface area contributed by atoms with E-state index in [-0.39, 0.29) is 17.9 Å². The summed E-state index contributed by atoms with van der Waals surface area (Å²) >= 11 is 1.96. The molecule has 0 bridgehead atoms. The molecule has 20 heavy (non-hydrogen) atoms. The number of hydrogen-bond acceptors (Lipinski definition) is 3. The minimum absolute atomic E-state index is 0.0174. The average molecular weight is 292 g/mol. The number of hydrogen-bond donors (Lipinski definition) is 2. The fraction of sp³-hybridized carbons (Fsp3) is 0.562. The van der Waals surface area contributed by atoms with E-state index in [2.05, 4.69) is 17.4 Å². The molecule has 0 radical (unpaired) electrons. The Labute approximate surface area is 125 Å². The summed E-state index contributed by atoms with van der Waals surface area (Å²) in [6.07, 6.45) is 5.38. The smallest absolute Gasteiger partial charge is 0.228 e. The van der Waals surface area contributed by atoms with Crippen LogP contribution in [0.25, 0.3) is 0 Å². The van der Waals surface area contributed by atoms with E-state index >= 15 is 0 Å². The molecule has 1 fully saturated rings. The van der Waals surface area contributed by atoms with E-state index in [1.807, 2.05) is 37.7 Å². The van der Waals surface area contributed by atoms with Gasteiger partial charge in [0.1, 0.15) is 0 Å². The van der Waals surface area contributed by atoms with Crippen molar-refractivity contribution >= 4 is 23.4 Å². The van der Waals surface area contributed by atoms with Crippen molar-refractivity contribution in [3.05, 3.63) is 24.3 Å². The number of thioether (sulfide) groups is 1. The quantitative estimate of drug-likeness (QED) is 0.871. The second-order valence-corrected chi connectivity index (χ2v) is 7.06. The first-order chi connectivity index (χ1) is 9.56. The Bertz CT molecular complexity index is 438. The van der Waals surface area contributed by atoms with Crippen LogP contribution in [0.2, 0.25) is 0 Å². The Morgan fingerprint density at radius 1 is 1.25 bits per heavy atom. The second kappa shape index (κ2) is 7.14. The third-order valence-electron chi connectivity index (χ3n) is 3.93. The lowest BCUT2D eigenvalue weighted by atomic mass is 10.0. The molecule has 0 aliphatic heterocycles. The zero-order valence-electron chi connectivity index (χ0n) is 12.3. The number of rotatable bonds is 5. The number of benzene rings is 1. The van der Waals surface area contributed by atoms with Crippen LogP contribution in [0.1, 0.15) is 39.5 Å². The number of nitrogens with two attached hydrogens (primary N) is 1. The van der Waals surface area contributed by atoms with Crippen molar-refractivity contribution < 1.29 is 4.79 Å². The largest absolute Gasteiger partial charge is 0.327 e. The molecule has 4 heteroatoms. The fourth-order valence-electron chi connectivity index (χ4n) is 2.31. The van der Waals surface area contributed by atoms with E-state index in [0.717, 1.165) is 10.9 Å². The minimum atomic E-state index is -0.178. The standard InChI is InChI=1S/C16H24N2OS/c1-11(12(2)17)16(19)18-13-7-9-15(10-8-13)20-14-5-3-4-6-14/h7-12,14H,3-6,17H2,1-2H3,(H,18,19). The van der Waals surface area contributed by atoms with Crippen LogP contribution in [-0.2, 0) is 4.79 Å². The van der Waals surface area contributed by atoms with Crippen LogP contribution in [0.15, 0.2) is 29.2 Å². The molecule has 3 nitrogen and oxygen atoms in total. The molecule has 1 aromatic carbocycles. The predicted molar refractivity (Wildman–Crippen MR) is 86.0 cm³/mol. The Morgan fingerprint density at radius 3 is 2.40 bits per heavy atom. The van der Waals surface area contributed by atoms with E-state index in [0.29, 0.717) is 0 Å². The zero-order chi connectivity index (χ0) is 14.5. The molecule has 1 aromatic rings. The number of carbonyl (C=O) groups excluding carboxylic acids is 1.